The number of hydrogen-bond donors (Lipinski definition) is 11. The molecule has 20 heteroatoms. The number of rotatable bonds is 12. The van der Waals surface area contributed by atoms with Crippen molar-refractivity contribution in [3.8, 4) is 0 Å². The highest BCUT2D eigenvalue weighted by Gasteiger charge is 2.24. The van der Waals surface area contributed by atoms with E-state index >= 15 is 0 Å². The number of carbonyl (C=O) groups is 5. The van der Waals surface area contributed by atoms with E-state index in [0.717, 1.165) is 0 Å². The minimum absolute atomic E-state index is 0.0540. The molecule has 0 fully saturated rings. The summed E-state index contributed by atoms with van der Waals surface area (Å²) in [5.41, 5.74) is 7.51. The number of amidine groups is 1. The molecule has 0 aliphatic heterocycles. The predicted octanol–water partition coefficient (Wildman–Crippen LogP) is 2.08. The molecule has 0 aliphatic carbocycles. The maximum Gasteiger partial charge on any atom is 0.275 e. The first-order valence-corrected chi connectivity index (χ1v) is 14.5. The summed E-state index contributed by atoms with van der Waals surface area (Å²) < 4.78 is 0.0858. The van der Waals surface area contributed by atoms with Gasteiger partial charge in [-0.15, -0.1) is 0 Å². The Morgan fingerprint density at radius 1 is 0.745 bits per heavy atom. The van der Waals surface area contributed by atoms with Crippen molar-refractivity contribution in [2.24, 2.45) is 5.73 Å². The number of aromatic amines is 4. The second kappa shape index (κ2) is 13.9. The molecule has 0 unspecified atom stereocenters. The Hall–Kier alpha value is -6.05. The van der Waals surface area contributed by atoms with E-state index in [-0.39, 0.29) is 63.5 Å². The zero-order chi connectivity index (χ0) is 34.6. The summed E-state index contributed by atoms with van der Waals surface area (Å²) in [6.07, 6.45) is 1.63. The molecule has 47 heavy (non-hydrogen) atoms. The van der Waals surface area contributed by atoms with E-state index in [4.69, 9.17) is 11.1 Å². The lowest BCUT2D eigenvalue weighted by Gasteiger charge is -2.06. The number of nitrogens with two attached hydrogens (primary N) is 1. The van der Waals surface area contributed by atoms with Gasteiger partial charge >= 0.3 is 0 Å². The molecule has 4 aromatic heterocycles. The molecule has 5 amide bonds. The molecular weight excluding hydrogens is 680 g/mol. The molecule has 4 heterocycles. The fraction of sp³-hybridized carbons (Fsp3) is 0.222. The van der Waals surface area contributed by atoms with Crippen LogP contribution in [0.4, 0.5) is 23.1 Å². The van der Waals surface area contributed by atoms with Crippen molar-refractivity contribution < 1.29 is 24.0 Å². The number of nitrogens with zero attached hydrogens (tertiary/aromatic N) is 3. The predicted molar refractivity (Wildman–Crippen MR) is 175 cm³/mol. The van der Waals surface area contributed by atoms with Gasteiger partial charge in [-0.05, 0) is 43.6 Å². The third-order valence-electron chi connectivity index (χ3n) is 6.95. The highest BCUT2D eigenvalue weighted by molar-refractivity contribution is 9.12. The molecule has 19 nitrogen and oxygen atoms in total. The van der Waals surface area contributed by atoms with Gasteiger partial charge in [0.1, 0.15) is 22.8 Å². The minimum atomic E-state index is -0.611. The van der Waals surface area contributed by atoms with E-state index in [0.29, 0.717) is 27.9 Å². The Labute approximate surface area is 274 Å². The maximum atomic E-state index is 13.1. The lowest BCUT2D eigenvalue weighted by atomic mass is 10.2. The smallest absolute Gasteiger partial charge is 0.275 e. The lowest BCUT2D eigenvalue weighted by molar-refractivity contribution is -0.112. The van der Waals surface area contributed by atoms with Crippen LogP contribution in [-0.2, 0) is 4.79 Å². The first-order valence-electron chi connectivity index (χ1n) is 13.7. The molecule has 0 aliphatic rings. The van der Waals surface area contributed by atoms with Crippen molar-refractivity contribution in [3.63, 3.8) is 0 Å². The van der Waals surface area contributed by atoms with Gasteiger partial charge in [0.15, 0.2) is 17.5 Å². The number of aromatic nitrogens is 7. The quantitative estimate of drug-likeness (QED) is 0.0582. The lowest BCUT2D eigenvalue weighted by Crippen LogP contribution is -2.28. The van der Waals surface area contributed by atoms with Crippen LogP contribution in [0.25, 0.3) is 0 Å². The fourth-order valence-corrected chi connectivity index (χ4v) is 4.28. The summed E-state index contributed by atoms with van der Waals surface area (Å²) in [6, 6.07) is 0. The number of halogens is 1. The number of carbonyl (C=O) groups excluding carboxylic acids is 5. The fourth-order valence-electron chi connectivity index (χ4n) is 4.18. The largest absolute Gasteiger partial charge is 0.388 e. The standard InChI is InChI=1S/C27H31BrN14O5/c1-9-14(8-32-16(9)25(45)35-21-10(2)17(37-41-21)24(44)31-7-6-15(29)30)33-26(46)18-11(3)22(42-38-18)36-27(47)19-12(4)20(40-39-19)34-23(43)13(5)28/h8,32H,5-7H2,1-4H3,(H3,29,30)(H,31,44)(H,33,46)(H2,34,39,40,43)(H2,35,37,41,45)(H2,36,38,42,47). The summed E-state index contributed by atoms with van der Waals surface area (Å²) in [6.45, 7) is 10.0. The number of nitrogens with one attached hydrogen (secondary N) is 10. The molecule has 0 bridgehead atoms. The summed E-state index contributed by atoms with van der Waals surface area (Å²) >= 11 is 2.97. The van der Waals surface area contributed by atoms with Crippen molar-refractivity contribution in [2.75, 3.05) is 27.8 Å². The summed E-state index contributed by atoms with van der Waals surface area (Å²) in [4.78, 5) is 66.1. The van der Waals surface area contributed by atoms with Gasteiger partial charge in [-0.1, -0.05) is 6.58 Å². The van der Waals surface area contributed by atoms with Gasteiger partial charge in [0, 0.05) is 41.4 Å². The number of anilines is 4. The molecule has 0 aromatic carbocycles. The average Bonchev–Trinajstić information content (AvgIpc) is 3.76. The molecule has 0 saturated carbocycles. The van der Waals surface area contributed by atoms with E-state index in [2.05, 4.69) is 84.7 Å². The van der Waals surface area contributed by atoms with Crippen LogP contribution in [0.1, 0.15) is 70.6 Å². The van der Waals surface area contributed by atoms with Gasteiger partial charge in [-0.3, -0.25) is 44.7 Å². The van der Waals surface area contributed by atoms with Gasteiger partial charge in [-0.2, -0.15) is 15.3 Å². The highest BCUT2D eigenvalue weighted by Crippen LogP contribution is 2.24. The minimum Gasteiger partial charge on any atom is -0.388 e. The van der Waals surface area contributed by atoms with Crippen molar-refractivity contribution in [1.82, 2.24) is 40.9 Å². The van der Waals surface area contributed by atoms with Crippen LogP contribution in [0.5, 0.6) is 0 Å². The average molecular weight is 712 g/mol. The van der Waals surface area contributed by atoms with Crippen molar-refractivity contribution >= 4 is 74.4 Å². The normalized spacial score (nSPS) is 10.7. The van der Waals surface area contributed by atoms with Gasteiger partial charge in [0.2, 0.25) is 0 Å². The molecule has 246 valence electrons. The molecule has 4 rings (SSSR count). The molecule has 0 saturated heterocycles. The van der Waals surface area contributed by atoms with Gasteiger partial charge < -0.3 is 37.3 Å². The summed E-state index contributed by atoms with van der Waals surface area (Å²) in [7, 11) is 0. The molecule has 0 spiro atoms. The summed E-state index contributed by atoms with van der Waals surface area (Å²) in [5, 5.41) is 40.0. The second-order valence-electron chi connectivity index (χ2n) is 10.2. The molecule has 12 N–H and O–H groups in total. The third kappa shape index (κ3) is 7.44. The van der Waals surface area contributed by atoms with Crippen LogP contribution < -0.4 is 32.3 Å². The van der Waals surface area contributed by atoms with E-state index in [1.54, 1.807) is 27.7 Å². The zero-order valence-electron chi connectivity index (χ0n) is 25.5. The second-order valence-corrected chi connectivity index (χ2v) is 11.1. The first kappa shape index (κ1) is 33.8. The Balaban J connectivity index is 1.39. The van der Waals surface area contributed by atoms with Crippen LogP contribution in [0.15, 0.2) is 17.3 Å². The van der Waals surface area contributed by atoms with Gasteiger partial charge in [0.05, 0.1) is 16.0 Å². The topological polar surface area (TPSA) is 297 Å². The van der Waals surface area contributed by atoms with Crippen LogP contribution in [0.2, 0.25) is 0 Å². The first-order chi connectivity index (χ1) is 22.2. The number of amides is 5. The molecule has 0 radical (unpaired) electrons. The monoisotopic (exact) mass is 710 g/mol. The van der Waals surface area contributed by atoms with Gasteiger partial charge in [-0.25, -0.2) is 0 Å². The Morgan fingerprint density at radius 2 is 1.19 bits per heavy atom. The molecular formula is C27H31BrN14O5. The Kier molecular flexibility index (Phi) is 10.0. The van der Waals surface area contributed by atoms with Crippen molar-refractivity contribution in [2.45, 2.75) is 34.1 Å². The highest BCUT2D eigenvalue weighted by atomic mass is 79.9. The van der Waals surface area contributed by atoms with Gasteiger partial charge in [0.25, 0.3) is 29.5 Å². The number of H-pyrrole nitrogens is 4. The van der Waals surface area contributed by atoms with Crippen LogP contribution in [0, 0.1) is 33.1 Å². The molecule has 4 aromatic rings. The van der Waals surface area contributed by atoms with Crippen molar-refractivity contribution in [1.29, 1.82) is 5.41 Å². The van der Waals surface area contributed by atoms with E-state index < -0.39 is 29.5 Å². The Bertz CT molecular complexity index is 1930. The van der Waals surface area contributed by atoms with E-state index in [9.17, 15) is 24.0 Å². The Morgan fingerprint density at radius 3 is 1.68 bits per heavy atom. The zero-order valence-corrected chi connectivity index (χ0v) is 27.1. The maximum absolute atomic E-state index is 13.1. The third-order valence-corrected chi connectivity index (χ3v) is 7.31. The van der Waals surface area contributed by atoms with Crippen LogP contribution in [0.3, 0.4) is 0 Å². The summed E-state index contributed by atoms with van der Waals surface area (Å²) in [5.74, 6) is -2.48. The SMILES string of the molecule is C=C(Br)C(=O)Nc1n[nH]c(C(=O)Nc2n[nH]c(C(=O)Nc3c[nH]c(C(=O)Nc4n[nH]c(C(=O)NCCC(=N)N)c4C)c3C)c2C)c1C. The van der Waals surface area contributed by atoms with Crippen molar-refractivity contribution in [3.05, 3.63) is 62.3 Å². The number of hydrogen-bond acceptors (Lipinski definition) is 9. The van der Waals surface area contributed by atoms with Crippen LogP contribution >= 0.6 is 15.9 Å². The van der Waals surface area contributed by atoms with Crippen LogP contribution in [-0.4, -0.2) is 77.5 Å². The van der Waals surface area contributed by atoms with E-state index in [1.165, 1.54) is 6.20 Å². The molecule has 0 atom stereocenters. The van der Waals surface area contributed by atoms with E-state index in [1.807, 2.05) is 0 Å².